The molecule has 0 aliphatic heterocycles. The zero-order valence-corrected chi connectivity index (χ0v) is 19.1. The highest BCUT2D eigenvalue weighted by Gasteiger charge is 2.21. The zero-order valence-electron chi connectivity index (χ0n) is 17.6. The first-order chi connectivity index (χ1) is 14.7. The molecule has 0 spiro atoms. The predicted octanol–water partition coefficient (Wildman–Crippen LogP) is 3.86. The molecule has 2 rings (SSSR count). The summed E-state index contributed by atoms with van der Waals surface area (Å²) in [6.45, 7) is 3.84. The van der Waals surface area contributed by atoms with Crippen molar-refractivity contribution >= 4 is 46.6 Å². The highest BCUT2D eigenvalue weighted by atomic mass is 35.5. The summed E-state index contributed by atoms with van der Waals surface area (Å²) in [7, 11) is 1.55. The summed E-state index contributed by atoms with van der Waals surface area (Å²) in [5.41, 5.74) is 0.913. The predicted molar refractivity (Wildman–Crippen MR) is 122 cm³/mol. The normalized spacial score (nSPS) is 10.5. The van der Waals surface area contributed by atoms with Crippen molar-refractivity contribution in [1.82, 2.24) is 10.2 Å². The molecule has 2 N–H and O–H groups in total. The molecule has 3 amide bonds. The molecule has 0 unspecified atom stereocenters. The Labute approximate surface area is 191 Å². The number of halogens is 2. The molecule has 7 nitrogen and oxygen atoms in total. The summed E-state index contributed by atoms with van der Waals surface area (Å²) < 4.78 is 5.07. The van der Waals surface area contributed by atoms with Gasteiger partial charge in [-0.3, -0.25) is 14.4 Å². The van der Waals surface area contributed by atoms with Gasteiger partial charge in [-0.1, -0.05) is 37.0 Å². The molecule has 166 valence electrons. The van der Waals surface area contributed by atoms with Crippen LogP contribution in [0.25, 0.3) is 0 Å². The highest BCUT2D eigenvalue weighted by molar-refractivity contribution is 6.42. The van der Waals surface area contributed by atoms with Gasteiger partial charge in [-0.25, -0.2) is 0 Å². The fraction of sp³-hybridized carbons (Fsp3) is 0.318. The lowest BCUT2D eigenvalue weighted by molar-refractivity contribution is -0.124. The van der Waals surface area contributed by atoms with Gasteiger partial charge in [0, 0.05) is 17.8 Å². The van der Waals surface area contributed by atoms with Gasteiger partial charge in [0.05, 0.1) is 30.2 Å². The van der Waals surface area contributed by atoms with Crippen molar-refractivity contribution in [2.75, 3.05) is 32.1 Å². The smallest absolute Gasteiger partial charge is 0.254 e. The van der Waals surface area contributed by atoms with Gasteiger partial charge in [0.15, 0.2) is 0 Å². The van der Waals surface area contributed by atoms with Crippen LogP contribution in [0.2, 0.25) is 10.0 Å². The van der Waals surface area contributed by atoms with Crippen LogP contribution >= 0.6 is 23.2 Å². The van der Waals surface area contributed by atoms with Crippen molar-refractivity contribution in [2.45, 2.75) is 13.8 Å². The number of amides is 3. The van der Waals surface area contributed by atoms with Crippen LogP contribution in [0.3, 0.4) is 0 Å². The van der Waals surface area contributed by atoms with E-state index in [-0.39, 0.29) is 35.8 Å². The summed E-state index contributed by atoms with van der Waals surface area (Å²) in [5, 5.41) is 5.82. The molecule has 2 aromatic carbocycles. The fourth-order valence-corrected chi connectivity index (χ4v) is 3.06. The Morgan fingerprint density at radius 2 is 1.68 bits per heavy atom. The molecular weight excluding hydrogens is 441 g/mol. The fourth-order valence-electron chi connectivity index (χ4n) is 2.76. The lowest BCUT2D eigenvalue weighted by atomic mass is 10.1. The van der Waals surface area contributed by atoms with Gasteiger partial charge < -0.3 is 20.3 Å². The van der Waals surface area contributed by atoms with Crippen molar-refractivity contribution in [3.8, 4) is 5.75 Å². The third-order valence-electron chi connectivity index (χ3n) is 4.19. The largest absolute Gasteiger partial charge is 0.497 e. The van der Waals surface area contributed by atoms with Crippen LogP contribution in [0.5, 0.6) is 5.75 Å². The van der Waals surface area contributed by atoms with E-state index in [0.717, 1.165) is 0 Å². The standard InChI is InChI=1S/C22H25Cl2N3O4/c1-14(2)12-27(22(30)15-4-9-18(23)19(24)10-15)13-21(29)25-11-20(28)26-16-5-7-17(31-3)8-6-16/h4-10,14H,11-13H2,1-3H3,(H,25,29)(H,26,28). The van der Waals surface area contributed by atoms with E-state index < -0.39 is 5.91 Å². The Hall–Kier alpha value is -2.77. The molecule has 0 atom stereocenters. The number of carbonyl (C=O) groups excluding carboxylic acids is 3. The molecule has 9 heteroatoms. The number of hydrogen-bond acceptors (Lipinski definition) is 4. The molecule has 0 fully saturated rings. The van der Waals surface area contributed by atoms with E-state index in [9.17, 15) is 14.4 Å². The van der Waals surface area contributed by atoms with Crippen LogP contribution in [0.1, 0.15) is 24.2 Å². The number of nitrogens with zero attached hydrogens (tertiary/aromatic N) is 1. The maximum Gasteiger partial charge on any atom is 0.254 e. The van der Waals surface area contributed by atoms with Gasteiger partial charge in [-0.15, -0.1) is 0 Å². The first kappa shape index (κ1) is 24.5. The maximum atomic E-state index is 12.9. The lowest BCUT2D eigenvalue weighted by Crippen LogP contribution is -2.44. The van der Waals surface area contributed by atoms with Gasteiger partial charge >= 0.3 is 0 Å². The molecule has 0 aliphatic carbocycles. The third-order valence-corrected chi connectivity index (χ3v) is 4.93. The van der Waals surface area contributed by atoms with Crippen LogP contribution in [0.4, 0.5) is 5.69 Å². The van der Waals surface area contributed by atoms with Gasteiger partial charge in [0.25, 0.3) is 5.91 Å². The minimum absolute atomic E-state index is 0.137. The highest BCUT2D eigenvalue weighted by Crippen LogP contribution is 2.23. The van der Waals surface area contributed by atoms with Crippen LogP contribution in [-0.2, 0) is 9.59 Å². The Kier molecular flexibility index (Phi) is 9.15. The van der Waals surface area contributed by atoms with E-state index in [1.165, 1.54) is 17.0 Å². The molecule has 0 saturated carbocycles. The van der Waals surface area contributed by atoms with Gasteiger partial charge in [-0.2, -0.15) is 0 Å². The molecular formula is C22H25Cl2N3O4. The molecule has 0 saturated heterocycles. The minimum atomic E-state index is -0.445. The van der Waals surface area contributed by atoms with Crippen LogP contribution < -0.4 is 15.4 Å². The molecule has 2 aromatic rings. The molecule has 0 radical (unpaired) electrons. The SMILES string of the molecule is COc1ccc(NC(=O)CNC(=O)CN(CC(C)C)C(=O)c2ccc(Cl)c(Cl)c2)cc1. The second-order valence-electron chi connectivity index (χ2n) is 7.26. The summed E-state index contributed by atoms with van der Waals surface area (Å²) in [5.74, 6) is -0.366. The Balaban J connectivity index is 1.94. The third kappa shape index (κ3) is 7.77. The summed E-state index contributed by atoms with van der Waals surface area (Å²) in [6, 6.07) is 11.4. The van der Waals surface area contributed by atoms with E-state index in [1.807, 2.05) is 13.8 Å². The Morgan fingerprint density at radius 1 is 1.00 bits per heavy atom. The van der Waals surface area contributed by atoms with E-state index in [0.29, 0.717) is 28.6 Å². The lowest BCUT2D eigenvalue weighted by Gasteiger charge is -2.24. The molecule has 0 bridgehead atoms. The van der Waals surface area contributed by atoms with Crippen molar-refractivity contribution < 1.29 is 19.1 Å². The van der Waals surface area contributed by atoms with Crippen molar-refractivity contribution in [1.29, 1.82) is 0 Å². The summed E-state index contributed by atoms with van der Waals surface area (Å²) >= 11 is 11.9. The number of ether oxygens (including phenoxy) is 1. The molecule has 31 heavy (non-hydrogen) atoms. The first-order valence-electron chi connectivity index (χ1n) is 9.64. The topological polar surface area (TPSA) is 87.7 Å². The number of rotatable bonds is 9. The molecule has 0 heterocycles. The van der Waals surface area contributed by atoms with E-state index in [1.54, 1.807) is 37.4 Å². The summed E-state index contributed by atoms with van der Waals surface area (Å²) in [6.07, 6.45) is 0. The Morgan fingerprint density at radius 3 is 2.26 bits per heavy atom. The maximum absolute atomic E-state index is 12.9. The molecule has 0 aromatic heterocycles. The summed E-state index contributed by atoms with van der Waals surface area (Å²) in [4.78, 5) is 38.8. The minimum Gasteiger partial charge on any atom is -0.497 e. The van der Waals surface area contributed by atoms with Crippen LogP contribution in [0, 0.1) is 5.92 Å². The number of benzene rings is 2. The first-order valence-corrected chi connectivity index (χ1v) is 10.4. The van der Waals surface area contributed by atoms with Crippen LogP contribution in [0.15, 0.2) is 42.5 Å². The van der Waals surface area contributed by atoms with Gasteiger partial charge in [0.1, 0.15) is 5.75 Å². The average molecular weight is 466 g/mol. The van der Waals surface area contributed by atoms with Crippen LogP contribution in [-0.4, -0.2) is 49.4 Å². The van der Waals surface area contributed by atoms with Gasteiger partial charge in [0.2, 0.25) is 11.8 Å². The zero-order chi connectivity index (χ0) is 23.0. The number of methoxy groups -OCH3 is 1. The van der Waals surface area contributed by atoms with Crippen molar-refractivity contribution in [3.05, 3.63) is 58.1 Å². The Bertz CT molecular complexity index is 933. The van der Waals surface area contributed by atoms with E-state index >= 15 is 0 Å². The number of anilines is 1. The monoisotopic (exact) mass is 465 g/mol. The number of carbonyl (C=O) groups is 3. The second-order valence-corrected chi connectivity index (χ2v) is 8.08. The quantitative estimate of drug-likeness (QED) is 0.588. The number of hydrogen-bond donors (Lipinski definition) is 2. The van der Waals surface area contributed by atoms with E-state index in [4.69, 9.17) is 27.9 Å². The van der Waals surface area contributed by atoms with Crippen molar-refractivity contribution in [2.24, 2.45) is 5.92 Å². The second kappa shape index (κ2) is 11.6. The number of nitrogens with one attached hydrogen (secondary N) is 2. The van der Waals surface area contributed by atoms with Crippen molar-refractivity contribution in [3.63, 3.8) is 0 Å². The van der Waals surface area contributed by atoms with E-state index in [2.05, 4.69) is 10.6 Å². The molecule has 0 aliphatic rings. The average Bonchev–Trinajstić information content (AvgIpc) is 2.73. The van der Waals surface area contributed by atoms with Gasteiger partial charge in [-0.05, 0) is 48.4 Å².